The maximum Gasteiger partial charge on any atom is 0.343 e. The minimum absolute atomic E-state index is 0.179. The average Bonchev–Trinajstić information content (AvgIpc) is 3.24. The molecular formula is C19H18ClN3O3. The van der Waals surface area contributed by atoms with Gasteiger partial charge in [0.2, 0.25) is 5.78 Å². The molecule has 2 heterocycles. The van der Waals surface area contributed by atoms with Crippen molar-refractivity contribution >= 4 is 23.4 Å². The second kappa shape index (κ2) is 7.58. The van der Waals surface area contributed by atoms with E-state index in [-0.39, 0.29) is 23.1 Å². The fourth-order valence-electron chi connectivity index (χ4n) is 2.54. The third-order valence-electron chi connectivity index (χ3n) is 3.96. The van der Waals surface area contributed by atoms with E-state index >= 15 is 0 Å². The fourth-order valence-corrected chi connectivity index (χ4v) is 2.85. The maximum atomic E-state index is 12.3. The van der Waals surface area contributed by atoms with E-state index in [0.29, 0.717) is 17.9 Å². The molecule has 0 aliphatic carbocycles. The molecule has 1 N–H and O–H groups in total. The van der Waals surface area contributed by atoms with Gasteiger partial charge in [0.15, 0.2) is 6.61 Å². The zero-order chi connectivity index (χ0) is 18.7. The number of nitrogens with zero attached hydrogens (tertiary/aromatic N) is 2. The summed E-state index contributed by atoms with van der Waals surface area (Å²) in [5, 5.41) is 4.51. The number of carbonyl (C=O) groups excluding carboxylic acids is 2. The van der Waals surface area contributed by atoms with E-state index in [1.165, 1.54) is 0 Å². The van der Waals surface area contributed by atoms with Gasteiger partial charge in [0, 0.05) is 6.20 Å². The van der Waals surface area contributed by atoms with Crippen molar-refractivity contribution in [3.63, 3.8) is 0 Å². The first-order chi connectivity index (χ1) is 12.5. The number of Topliss-reactive ketones (excluding diaryl/α,β-unsaturated/α-hetero) is 1. The summed E-state index contributed by atoms with van der Waals surface area (Å²) < 4.78 is 6.65. The Balaban J connectivity index is 1.71. The molecule has 26 heavy (non-hydrogen) atoms. The van der Waals surface area contributed by atoms with Crippen molar-refractivity contribution in [1.82, 2.24) is 14.8 Å². The number of carbonyl (C=O) groups is 2. The van der Waals surface area contributed by atoms with Crippen LogP contribution in [0.3, 0.4) is 0 Å². The lowest BCUT2D eigenvalue weighted by molar-refractivity contribution is 0.0473. The van der Waals surface area contributed by atoms with E-state index < -0.39 is 5.97 Å². The number of aryl methyl sites for hydroxylation is 2. The van der Waals surface area contributed by atoms with Gasteiger partial charge >= 0.3 is 5.97 Å². The summed E-state index contributed by atoms with van der Waals surface area (Å²) in [7, 11) is 0. The van der Waals surface area contributed by atoms with Crippen LogP contribution in [0.25, 0.3) is 0 Å². The van der Waals surface area contributed by atoms with E-state index in [9.17, 15) is 9.59 Å². The standard InChI is InChI=1S/C19H18ClN3O3/c1-12-5-7-14(8-6-12)10-23-18(20)17(13(2)22-23)19(25)26-11-16(24)15-4-3-9-21-15/h3-9,21H,10-11H2,1-2H3. The molecule has 134 valence electrons. The van der Waals surface area contributed by atoms with Crippen LogP contribution < -0.4 is 0 Å². The van der Waals surface area contributed by atoms with Crippen LogP contribution in [0.15, 0.2) is 42.6 Å². The van der Waals surface area contributed by atoms with Gasteiger partial charge in [-0.15, -0.1) is 0 Å². The monoisotopic (exact) mass is 371 g/mol. The number of aromatic amines is 1. The van der Waals surface area contributed by atoms with Crippen molar-refractivity contribution in [2.45, 2.75) is 20.4 Å². The first-order valence-corrected chi connectivity index (χ1v) is 8.45. The molecule has 1 aromatic carbocycles. The zero-order valence-electron chi connectivity index (χ0n) is 14.5. The molecular weight excluding hydrogens is 354 g/mol. The number of H-pyrrole nitrogens is 1. The van der Waals surface area contributed by atoms with Crippen LogP contribution >= 0.6 is 11.6 Å². The van der Waals surface area contributed by atoms with Gasteiger partial charge in [-0.05, 0) is 31.5 Å². The molecule has 0 saturated heterocycles. The minimum Gasteiger partial charge on any atom is -0.453 e. The summed E-state index contributed by atoms with van der Waals surface area (Å²) in [5.74, 6) is -0.980. The smallest absolute Gasteiger partial charge is 0.343 e. The number of ether oxygens (including phenoxy) is 1. The molecule has 0 radical (unpaired) electrons. The second-order valence-corrected chi connectivity index (χ2v) is 6.34. The van der Waals surface area contributed by atoms with Crippen molar-refractivity contribution in [3.8, 4) is 0 Å². The number of nitrogens with one attached hydrogen (secondary N) is 1. The van der Waals surface area contributed by atoms with Crippen molar-refractivity contribution in [1.29, 1.82) is 0 Å². The van der Waals surface area contributed by atoms with E-state index in [4.69, 9.17) is 16.3 Å². The highest BCUT2D eigenvalue weighted by molar-refractivity contribution is 6.32. The summed E-state index contributed by atoms with van der Waals surface area (Å²) >= 11 is 6.33. The number of ketones is 1. The van der Waals surface area contributed by atoms with Gasteiger partial charge in [0.1, 0.15) is 10.7 Å². The van der Waals surface area contributed by atoms with Crippen molar-refractivity contribution in [2.24, 2.45) is 0 Å². The fraction of sp³-hybridized carbons (Fsp3) is 0.211. The van der Waals surface area contributed by atoms with Crippen molar-refractivity contribution < 1.29 is 14.3 Å². The lowest BCUT2D eigenvalue weighted by Crippen LogP contribution is -2.15. The largest absolute Gasteiger partial charge is 0.453 e. The van der Waals surface area contributed by atoms with Crippen LogP contribution in [0.5, 0.6) is 0 Å². The van der Waals surface area contributed by atoms with E-state index in [1.807, 2.05) is 31.2 Å². The molecule has 0 fully saturated rings. The average molecular weight is 372 g/mol. The highest BCUT2D eigenvalue weighted by atomic mass is 35.5. The van der Waals surface area contributed by atoms with Crippen LogP contribution in [0.4, 0.5) is 0 Å². The molecule has 0 aliphatic rings. The van der Waals surface area contributed by atoms with Gasteiger partial charge < -0.3 is 9.72 Å². The molecule has 0 atom stereocenters. The Morgan fingerprint density at radius 1 is 1.19 bits per heavy atom. The Kier molecular flexibility index (Phi) is 5.23. The lowest BCUT2D eigenvalue weighted by Gasteiger charge is -2.05. The summed E-state index contributed by atoms with van der Waals surface area (Å²) in [6.45, 7) is 3.77. The molecule has 0 aliphatic heterocycles. The van der Waals surface area contributed by atoms with Crippen LogP contribution in [0.1, 0.15) is 37.7 Å². The minimum atomic E-state index is -0.664. The quantitative estimate of drug-likeness (QED) is 0.530. The first kappa shape index (κ1) is 17.9. The number of aromatic nitrogens is 3. The third kappa shape index (κ3) is 3.86. The normalized spacial score (nSPS) is 10.7. The molecule has 0 amide bonds. The van der Waals surface area contributed by atoms with Crippen LogP contribution in [0, 0.1) is 13.8 Å². The SMILES string of the molecule is Cc1ccc(Cn2nc(C)c(C(=O)OCC(=O)c3ccc[nH]3)c2Cl)cc1. The molecule has 0 unspecified atom stereocenters. The summed E-state index contributed by atoms with van der Waals surface area (Å²) in [4.78, 5) is 27.0. The molecule has 3 aromatic rings. The van der Waals surface area contributed by atoms with Crippen LogP contribution in [-0.2, 0) is 11.3 Å². The molecule has 0 saturated carbocycles. The van der Waals surface area contributed by atoms with Crippen molar-refractivity contribution in [3.05, 3.63) is 75.8 Å². The van der Waals surface area contributed by atoms with E-state index in [1.54, 1.807) is 29.9 Å². The Bertz CT molecular complexity index is 928. The third-order valence-corrected chi connectivity index (χ3v) is 4.34. The first-order valence-electron chi connectivity index (χ1n) is 8.08. The van der Waals surface area contributed by atoms with Gasteiger partial charge in [-0.3, -0.25) is 4.79 Å². The maximum absolute atomic E-state index is 12.3. The van der Waals surface area contributed by atoms with Gasteiger partial charge in [-0.25, -0.2) is 9.48 Å². The number of hydrogen-bond acceptors (Lipinski definition) is 4. The van der Waals surface area contributed by atoms with Gasteiger partial charge in [0.05, 0.1) is 17.9 Å². The Morgan fingerprint density at radius 2 is 1.92 bits per heavy atom. The molecule has 2 aromatic heterocycles. The van der Waals surface area contributed by atoms with Crippen LogP contribution in [0.2, 0.25) is 5.15 Å². The molecule has 3 rings (SSSR count). The Labute approximate surface area is 155 Å². The number of rotatable bonds is 6. The van der Waals surface area contributed by atoms with Gasteiger partial charge in [-0.1, -0.05) is 41.4 Å². The molecule has 0 spiro atoms. The van der Waals surface area contributed by atoms with E-state index in [0.717, 1.165) is 11.1 Å². The topological polar surface area (TPSA) is 77.0 Å². The van der Waals surface area contributed by atoms with E-state index in [2.05, 4.69) is 10.1 Å². The lowest BCUT2D eigenvalue weighted by atomic mass is 10.1. The summed E-state index contributed by atoms with van der Waals surface area (Å²) in [6, 6.07) is 11.3. The number of esters is 1. The van der Waals surface area contributed by atoms with Gasteiger partial charge in [-0.2, -0.15) is 5.10 Å². The highest BCUT2D eigenvalue weighted by Crippen LogP contribution is 2.22. The summed E-state index contributed by atoms with van der Waals surface area (Å²) in [6.07, 6.45) is 1.63. The number of hydrogen-bond donors (Lipinski definition) is 1. The summed E-state index contributed by atoms with van der Waals surface area (Å²) in [5.41, 5.74) is 3.20. The predicted octanol–water partition coefficient (Wildman–Crippen LogP) is 3.57. The number of benzene rings is 1. The predicted molar refractivity (Wildman–Crippen MR) is 97.7 cm³/mol. The molecule has 7 heteroatoms. The molecule has 6 nitrogen and oxygen atoms in total. The number of halogens is 1. The zero-order valence-corrected chi connectivity index (χ0v) is 15.2. The Morgan fingerprint density at radius 3 is 2.58 bits per heavy atom. The Hall–Kier alpha value is -2.86. The highest BCUT2D eigenvalue weighted by Gasteiger charge is 2.23. The molecule has 0 bridgehead atoms. The van der Waals surface area contributed by atoms with Crippen LogP contribution in [-0.4, -0.2) is 33.1 Å². The second-order valence-electron chi connectivity index (χ2n) is 5.98. The van der Waals surface area contributed by atoms with Crippen molar-refractivity contribution in [2.75, 3.05) is 6.61 Å². The van der Waals surface area contributed by atoms with Gasteiger partial charge in [0.25, 0.3) is 0 Å².